The fraction of sp³-hybridized carbons (Fsp3) is 0.200. The van der Waals surface area contributed by atoms with Gasteiger partial charge < -0.3 is 0 Å². The first kappa shape index (κ1) is 15.3. The molecule has 0 heterocycles. The largest absolute Gasteiger partial charge is 0.293 e. The van der Waals surface area contributed by atoms with Gasteiger partial charge in [0, 0.05) is 17.0 Å². The summed E-state index contributed by atoms with van der Waals surface area (Å²) >= 11 is 6.08. The van der Waals surface area contributed by atoms with Crippen molar-refractivity contribution in [1.29, 1.82) is 0 Å². The minimum atomic E-state index is -3.97. The van der Waals surface area contributed by atoms with Gasteiger partial charge in [0.25, 0.3) is 10.0 Å². The van der Waals surface area contributed by atoms with Crippen molar-refractivity contribution >= 4 is 53.6 Å². The zero-order valence-electron chi connectivity index (χ0n) is 9.24. The van der Waals surface area contributed by atoms with Crippen LogP contribution in [-0.2, 0) is 14.8 Å². The number of ketones is 1. The average Bonchev–Trinajstić information content (AvgIpc) is 2.26. The number of benzene rings is 1. The van der Waals surface area contributed by atoms with Crippen LogP contribution in [0.3, 0.4) is 0 Å². The lowest BCUT2D eigenvalue weighted by atomic mass is 10.1. The summed E-state index contributed by atoms with van der Waals surface area (Å²) in [4.78, 5) is 22.2. The molecule has 0 radical (unpaired) electrons. The van der Waals surface area contributed by atoms with Gasteiger partial charge in [0.15, 0.2) is 5.78 Å². The Hall–Kier alpha value is -0.730. The molecule has 1 aromatic rings. The topological polar surface area (TPSA) is 80.3 Å². The lowest BCUT2D eigenvalue weighted by Crippen LogP contribution is -2.28. The molecule has 5 nitrogen and oxygen atoms in total. The molecule has 0 aliphatic carbocycles. The van der Waals surface area contributed by atoms with Gasteiger partial charge in [-0.05, 0) is 28.1 Å². The molecule has 0 fully saturated rings. The number of hydrogen-bond acceptors (Lipinski definition) is 4. The third kappa shape index (κ3) is 3.63. The van der Waals surface area contributed by atoms with Crippen LogP contribution in [0.4, 0.5) is 0 Å². The van der Waals surface area contributed by atoms with Gasteiger partial charge in [0.1, 0.15) is 4.90 Å². The molecule has 18 heavy (non-hydrogen) atoms. The number of halogens is 2. The zero-order valence-corrected chi connectivity index (χ0v) is 13.2. The molecule has 0 aliphatic heterocycles. The van der Waals surface area contributed by atoms with E-state index in [9.17, 15) is 18.0 Å². The van der Waals surface area contributed by atoms with Gasteiger partial charge in [-0.1, -0.05) is 22.0 Å². The molecule has 0 saturated carbocycles. The Balaban J connectivity index is 3.32. The molecule has 0 atom stereocenters. The van der Waals surface area contributed by atoms with Gasteiger partial charge in [-0.25, -0.2) is 13.1 Å². The average molecular weight is 399 g/mol. The Morgan fingerprint density at radius 1 is 1.33 bits per heavy atom. The Morgan fingerprint density at radius 3 is 2.44 bits per heavy atom. The van der Waals surface area contributed by atoms with Crippen molar-refractivity contribution in [3.05, 3.63) is 28.2 Å². The van der Waals surface area contributed by atoms with Crippen molar-refractivity contribution in [1.82, 2.24) is 4.72 Å². The second kappa shape index (κ2) is 5.94. The van der Waals surface area contributed by atoms with Gasteiger partial charge in [0.2, 0.25) is 5.91 Å². The first-order valence-electron chi connectivity index (χ1n) is 4.70. The van der Waals surface area contributed by atoms with Crippen molar-refractivity contribution in [2.45, 2.75) is 11.8 Å². The monoisotopic (exact) mass is 397 g/mol. The third-order valence-corrected chi connectivity index (χ3v) is 4.88. The number of hydrogen-bond donors (Lipinski definition) is 1. The number of Topliss-reactive ketones (excluding diaryl/α,β-unsaturated/α-hetero) is 1. The quantitative estimate of drug-likeness (QED) is 0.619. The van der Waals surface area contributed by atoms with E-state index in [1.807, 2.05) is 4.72 Å². The molecular weight excluding hydrogens is 390 g/mol. The summed E-state index contributed by atoms with van der Waals surface area (Å²) in [5.41, 5.74) is 0.249. The first-order chi connectivity index (χ1) is 8.27. The molecule has 98 valence electrons. The van der Waals surface area contributed by atoms with Crippen molar-refractivity contribution in [2.75, 3.05) is 5.33 Å². The van der Waals surface area contributed by atoms with Crippen LogP contribution in [0, 0.1) is 0 Å². The molecule has 0 aliphatic rings. The van der Waals surface area contributed by atoms with E-state index in [-0.39, 0.29) is 26.0 Å². The second-order valence-electron chi connectivity index (χ2n) is 3.36. The summed E-state index contributed by atoms with van der Waals surface area (Å²) in [7, 11) is -3.97. The van der Waals surface area contributed by atoms with E-state index < -0.39 is 15.9 Å². The van der Waals surface area contributed by atoms with E-state index in [1.165, 1.54) is 18.2 Å². The summed E-state index contributed by atoms with van der Waals surface area (Å²) in [5, 5.41) is 0.0915. The number of nitrogens with one attached hydrogen (secondary N) is 1. The maximum Gasteiger partial charge on any atom is 0.265 e. The molecule has 1 rings (SSSR count). The van der Waals surface area contributed by atoms with Crippen LogP contribution in [0.25, 0.3) is 0 Å². The van der Waals surface area contributed by atoms with Gasteiger partial charge in [-0.3, -0.25) is 9.59 Å². The van der Waals surface area contributed by atoms with E-state index in [2.05, 4.69) is 31.9 Å². The van der Waals surface area contributed by atoms with Crippen LogP contribution in [0.5, 0.6) is 0 Å². The van der Waals surface area contributed by atoms with Gasteiger partial charge in [0.05, 0.1) is 5.33 Å². The minimum absolute atomic E-state index is 0.0915. The molecule has 0 unspecified atom stereocenters. The SMILES string of the molecule is CC(=O)NS(=O)(=O)c1cc(C(=O)CBr)ccc1Br. The predicted octanol–water partition coefficient (Wildman–Crippen LogP) is 1.85. The summed E-state index contributed by atoms with van der Waals surface area (Å²) in [5.74, 6) is -0.944. The second-order valence-corrected chi connectivity index (χ2v) is 6.43. The number of carbonyl (C=O) groups is 2. The Labute approximate surface area is 121 Å². The van der Waals surface area contributed by atoms with Crippen LogP contribution in [-0.4, -0.2) is 25.4 Å². The Bertz CT molecular complexity index is 598. The number of alkyl halides is 1. The van der Waals surface area contributed by atoms with Gasteiger partial charge in [-0.2, -0.15) is 0 Å². The fourth-order valence-corrected chi connectivity index (χ4v) is 3.51. The molecule has 1 N–H and O–H groups in total. The number of carbonyl (C=O) groups excluding carboxylic acids is 2. The third-order valence-electron chi connectivity index (χ3n) is 1.94. The van der Waals surface area contributed by atoms with E-state index >= 15 is 0 Å². The van der Waals surface area contributed by atoms with E-state index in [0.717, 1.165) is 6.92 Å². The van der Waals surface area contributed by atoms with Crippen LogP contribution in [0.2, 0.25) is 0 Å². The Morgan fingerprint density at radius 2 is 1.94 bits per heavy atom. The van der Waals surface area contributed by atoms with Crippen LogP contribution in [0.15, 0.2) is 27.6 Å². The molecule has 0 saturated heterocycles. The molecule has 1 aromatic carbocycles. The zero-order chi connectivity index (χ0) is 13.9. The summed E-state index contributed by atoms with van der Waals surface area (Å²) < 4.78 is 25.8. The van der Waals surface area contributed by atoms with Gasteiger partial charge >= 0.3 is 0 Å². The molecule has 0 spiro atoms. The smallest absolute Gasteiger partial charge is 0.265 e. The molecular formula is C10H9Br2NO4S. The summed E-state index contributed by atoms with van der Waals surface area (Å²) in [6, 6.07) is 4.17. The highest BCUT2D eigenvalue weighted by atomic mass is 79.9. The maximum absolute atomic E-state index is 11.8. The highest BCUT2D eigenvalue weighted by Gasteiger charge is 2.20. The minimum Gasteiger partial charge on any atom is -0.293 e. The number of sulfonamides is 1. The van der Waals surface area contributed by atoms with Crippen molar-refractivity contribution in [3.8, 4) is 0 Å². The lowest BCUT2D eigenvalue weighted by molar-refractivity contribution is -0.117. The van der Waals surface area contributed by atoms with E-state index in [1.54, 1.807) is 0 Å². The van der Waals surface area contributed by atoms with E-state index in [0.29, 0.717) is 0 Å². The van der Waals surface area contributed by atoms with Crippen LogP contribution in [0.1, 0.15) is 17.3 Å². The van der Waals surface area contributed by atoms with Gasteiger partial charge in [-0.15, -0.1) is 0 Å². The van der Waals surface area contributed by atoms with Crippen molar-refractivity contribution < 1.29 is 18.0 Å². The molecule has 8 heteroatoms. The van der Waals surface area contributed by atoms with E-state index in [4.69, 9.17) is 0 Å². The fourth-order valence-electron chi connectivity index (χ4n) is 1.20. The number of rotatable bonds is 4. The standard InChI is InChI=1S/C10H9Br2NO4S/c1-6(14)13-18(16,17)10-4-7(9(15)5-11)2-3-8(10)12/h2-4H,5H2,1H3,(H,13,14). The first-order valence-corrected chi connectivity index (χ1v) is 8.10. The summed E-state index contributed by atoms with van der Waals surface area (Å²) in [6.07, 6.45) is 0. The van der Waals surface area contributed by atoms with Crippen LogP contribution >= 0.6 is 31.9 Å². The molecule has 0 bridgehead atoms. The predicted molar refractivity (Wildman–Crippen MR) is 73.3 cm³/mol. The Kier molecular flexibility index (Phi) is 5.06. The van der Waals surface area contributed by atoms with Crippen molar-refractivity contribution in [2.24, 2.45) is 0 Å². The molecule has 1 amide bonds. The molecule has 0 aromatic heterocycles. The highest BCUT2D eigenvalue weighted by molar-refractivity contribution is 9.10. The van der Waals surface area contributed by atoms with Crippen molar-refractivity contribution in [3.63, 3.8) is 0 Å². The maximum atomic E-state index is 11.8. The van der Waals surface area contributed by atoms with Crippen LogP contribution < -0.4 is 4.72 Å². The number of amides is 1. The normalized spacial score (nSPS) is 11.1. The highest BCUT2D eigenvalue weighted by Crippen LogP contribution is 2.23. The lowest BCUT2D eigenvalue weighted by Gasteiger charge is -2.08. The summed E-state index contributed by atoms with van der Waals surface area (Å²) in [6.45, 7) is 1.10.